The normalized spacial score (nSPS) is 12.1. The van der Waals surface area contributed by atoms with Gasteiger partial charge in [0.05, 0.1) is 5.54 Å². The lowest BCUT2D eigenvalue weighted by Crippen LogP contribution is -2.41. The molecule has 0 spiro atoms. The Morgan fingerprint density at radius 1 is 0.774 bits per heavy atom. The highest BCUT2D eigenvalue weighted by Gasteiger charge is 2.25. The van der Waals surface area contributed by atoms with Crippen molar-refractivity contribution in [3.63, 3.8) is 0 Å². The molecule has 3 aromatic rings. The lowest BCUT2D eigenvalue weighted by molar-refractivity contribution is 0.151. The first-order chi connectivity index (χ1) is 15.1. The molecule has 0 aromatic heterocycles. The van der Waals surface area contributed by atoms with Crippen LogP contribution in [0.5, 0.6) is 0 Å². The lowest BCUT2D eigenvalue weighted by Gasteiger charge is -2.35. The molecule has 0 saturated heterocycles. The van der Waals surface area contributed by atoms with Gasteiger partial charge in [-0.3, -0.25) is 4.90 Å². The second-order valence-corrected chi connectivity index (χ2v) is 8.52. The zero-order chi connectivity index (χ0) is 21.9. The SMILES string of the molecule is C=C[C@@H](C#CC(C)(C)N(Cc1ccccc1)Cc1ccccc1)CCc1ccccc1. The van der Waals surface area contributed by atoms with Crippen molar-refractivity contribution in [3.05, 3.63) is 120 Å². The van der Waals surface area contributed by atoms with Crippen LogP contribution in [-0.4, -0.2) is 10.4 Å². The fourth-order valence-corrected chi connectivity index (χ4v) is 3.62. The van der Waals surface area contributed by atoms with E-state index in [-0.39, 0.29) is 11.5 Å². The number of hydrogen-bond acceptors (Lipinski definition) is 1. The van der Waals surface area contributed by atoms with Crippen LogP contribution < -0.4 is 0 Å². The maximum atomic E-state index is 4.04. The van der Waals surface area contributed by atoms with Gasteiger partial charge in [-0.2, -0.15) is 0 Å². The van der Waals surface area contributed by atoms with Crippen molar-refractivity contribution < 1.29 is 0 Å². The Balaban J connectivity index is 1.75. The fraction of sp³-hybridized carbons (Fsp3) is 0.267. The molecule has 0 N–H and O–H groups in total. The van der Waals surface area contributed by atoms with Crippen LogP contribution in [0.15, 0.2) is 104 Å². The highest BCUT2D eigenvalue weighted by atomic mass is 15.2. The number of nitrogens with zero attached hydrogens (tertiary/aromatic N) is 1. The summed E-state index contributed by atoms with van der Waals surface area (Å²) in [5.74, 6) is 7.30. The molecule has 158 valence electrons. The van der Waals surface area contributed by atoms with E-state index < -0.39 is 0 Å². The lowest BCUT2D eigenvalue weighted by atomic mass is 9.96. The van der Waals surface area contributed by atoms with Crippen LogP contribution >= 0.6 is 0 Å². The Kier molecular flexibility index (Phi) is 8.27. The summed E-state index contributed by atoms with van der Waals surface area (Å²) in [6, 6.07) is 31.9. The van der Waals surface area contributed by atoms with Crippen molar-refractivity contribution in [2.45, 2.75) is 45.3 Å². The third-order valence-corrected chi connectivity index (χ3v) is 5.66. The minimum Gasteiger partial charge on any atom is -0.279 e. The number of rotatable bonds is 9. The van der Waals surface area contributed by atoms with E-state index in [0.29, 0.717) is 0 Å². The monoisotopic (exact) mass is 407 g/mol. The maximum Gasteiger partial charge on any atom is 0.0774 e. The molecule has 1 heteroatoms. The number of allylic oxidation sites excluding steroid dienone is 1. The molecule has 0 amide bonds. The predicted molar refractivity (Wildman–Crippen MR) is 132 cm³/mol. The van der Waals surface area contributed by atoms with Gasteiger partial charge in [0.2, 0.25) is 0 Å². The van der Waals surface area contributed by atoms with Gasteiger partial charge in [-0.05, 0) is 43.4 Å². The predicted octanol–water partition coefficient (Wildman–Crippen LogP) is 6.91. The molecular formula is C30H33N. The van der Waals surface area contributed by atoms with Gasteiger partial charge < -0.3 is 0 Å². The van der Waals surface area contributed by atoms with Gasteiger partial charge in [-0.25, -0.2) is 0 Å². The van der Waals surface area contributed by atoms with Crippen molar-refractivity contribution in [2.75, 3.05) is 0 Å². The van der Waals surface area contributed by atoms with Crippen molar-refractivity contribution in [2.24, 2.45) is 5.92 Å². The standard InChI is InChI=1S/C30H33N/c1-4-26(20-21-27-14-8-5-9-15-27)22-23-30(2,3)31(24-28-16-10-6-11-17-28)25-29-18-12-7-13-19-29/h4-19,26H,1,20-21,24-25H2,2-3H3/t26-/m1/s1. The minimum atomic E-state index is -0.264. The molecule has 0 aliphatic carbocycles. The summed E-state index contributed by atoms with van der Waals surface area (Å²) >= 11 is 0. The van der Waals surface area contributed by atoms with Crippen LogP contribution in [0.2, 0.25) is 0 Å². The van der Waals surface area contributed by atoms with Crippen LogP contribution in [0, 0.1) is 17.8 Å². The summed E-state index contributed by atoms with van der Waals surface area (Å²) in [6.45, 7) is 10.2. The van der Waals surface area contributed by atoms with Gasteiger partial charge in [0, 0.05) is 19.0 Å². The average Bonchev–Trinajstić information content (AvgIpc) is 2.81. The van der Waals surface area contributed by atoms with Crippen LogP contribution in [0.3, 0.4) is 0 Å². The second-order valence-electron chi connectivity index (χ2n) is 8.52. The van der Waals surface area contributed by atoms with Crippen molar-refractivity contribution >= 4 is 0 Å². The van der Waals surface area contributed by atoms with E-state index in [2.05, 4.69) is 128 Å². The largest absolute Gasteiger partial charge is 0.279 e. The molecule has 0 unspecified atom stereocenters. The molecule has 0 heterocycles. The molecule has 1 nitrogen and oxygen atoms in total. The second kappa shape index (κ2) is 11.3. The Labute approximate surface area is 188 Å². The average molecular weight is 408 g/mol. The summed E-state index contributed by atoms with van der Waals surface area (Å²) in [6.07, 6.45) is 4.00. The van der Waals surface area contributed by atoms with Crippen LogP contribution in [-0.2, 0) is 19.5 Å². The van der Waals surface area contributed by atoms with E-state index in [4.69, 9.17) is 0 Å². The highest BCUT2D eigenvalue weighted by Crippen LogP contribution is 2.21. The van der Waals surface area contributed by atoms with Crippen molar-refractivity contribution in [1.82, 2.24) is 4.90 Å². The zero-order valence-corrected chi connectivity index (χ0v) is 18.8. The first kappa shape index (κ1) is 22.6. The Bertz CT molecular complexity index is 937. The molecule has 0 fully saturated rings. The van der Waals surface area contributed by atoms with Gasteiger partial charge in [-0.15, -0.1) is 6.58 Å². The van der Waals surface area contributed by atoms with Crippen LogP contribution in [0.4, 0.5) is 0 Å². The van der Waals surface area contributed by atoms with E-state index in [0.717, 1.165) is 25.9 Å². The van der Waals surface area contributed by atoms with Gasteiger partial charge in [0.1, 0.15) is 0 Å². The third kappa shape index (κ3) is 7.28. The Morgan fingerprint density at radius 2 is 1.23 bits per heavy atom. The van der Waals surface area contributed by atoms with Gasteiger partial charge in [0.25, 0.3) is 0 Å². The van der Waals surface area contributed by atoms with E-state index in [1.807, 2.05) is 6.08 Å². The van der Waals surface area contributed by atoms with Crippen LogP contribution in [0.25, 0.3) is 0 Å². The first-order valence-electron chi connectivity index (χ1n) is 11.1. The van der Waals surface area contributed by atoms with E-state index in [9.17, 15) is 0 Å². The molecule has 1 atom stereocenters. The van der Waals surface area contributed by atoms with Gasteiger partial charge >= 0.3 is 0 Å². The summed E-state index contributed by atoms with van der Waals surface area (Å²) in [4.78, 5) is 2.46. The van der Waals surface area contributed by atoms with E-state index in [1.165, 1.54) is 16.7 Å². The molecule has 0 aliphatic heterocycles. The highest BCUT2D eigenvalue weighted by molar-refractivity contribution is 5.24. The minimum absolute atomic E-state index is 0.190. The molecule has 0 bridgehead atoms. The molecule has 0 saturated carbocycles. The smallest absolute Gasteiger partial charge is 0.0774 e. The summed E-state index contributed by atoms with van der Waals surface area (Å²) in [7, 11) is 0. The number of hydrogen-bond donors (Lipinski definition) is 0. The van der Waals surface area contributed by atoms with Crippen molar-refractivity contribution in [3.8, 4) is 11.8 Å². The van der Waals surface area contributed by atoms with E-state index in [1.54, 1.807) is 0 Å². The number of benzene rings is 3. The topological polar surface area (TPSA) is 3.24 Å². The molecule has 0 aliphatic rings. The van der Waals surface area contributed by atoms with Crippen LogP contribution in [0.1, 0.15) is 37.0 Å². The molecular weight excluding hydrogens is 374 g/mol. The fourth-order valence-electron chi connectivity index (χ4n) is 3.62. The molecule has 31 heavy (non-hydrogen) atoms. The quantitative estimate of drug-likeness (QED) is 0.275. The van der Waals surface area contributed by atoms with Crippen molar-refractivity contribution in [1.29, 1.82) is 0 Å². The summed E-state index contributed by atoms with van der Waals surface area (Å²) in [5, 5.41) is 0. The third-order valence-electron chi connectivity index (χ3n) is 5.66. The molecule has 3 rings (SSSR count). The van der Waals surface area contributed by atoms with Gasteiger partial charge in [-0.1, -0.05) is 109 Å². The first-order valence-corrected chi connectivity index (χ1v) is 11.1. The Hall–Kier alpha value is -3.08. The Morgan fingerprint density at radius 3 is 1.68 bits per heavy atom. The van der Waals surface area contributed by atoms with E-state index >= 15 is 0 Å². The summed E-state index contributed by atoms with van der Waals surface area (Å²) < 4.78 is 0. The molecule has 3 aromatic carbocycles. The maximum absolute atomic E-state index is 4.04. The summed E-state index contributed by atoms with van der Waals surface area (Å²) in [5.41, 5.74) is 3.69. The molecule has 0 radical (unpaired) electrons. The number of aryl methyl sites for hydroxylation is 1. The zero-order valence-electron chi connectivity index (χ0n) is 18.8. The van der Waals surface area contributed by atoms with Gasteiger partial charge in [0.15, 0.2) is 0 Å².